The Labute approximate surface area is 154 Å². The van der Waals surface area contributed by atoms with Gasteiger partial charge in [0, 0.05) is 12.0 Å². The van der Waals surface area contributed by atoms with Crippen LogP contribution < -0.4 is 4.74 Å². The fourth-order valence-corrected chi connectivity index (χ4v) is 2.39. The number of carboxylic acid groups (broad SMARTS) is 1. The molecular formula is C22H24O4. The minimum Gasteiger partial charge on any atom is -0.481 e. The summed E-state index contributed by atoms with van der Waals surface area (Å²) in [5, 5.41) is 9.28. The minimum absolute atomic E-state index is 0.146. The molecule has 0 heterocycles. The molecule has 0 fully saturated rings. The number of benzene rings is 2. The van der Waals surface area contributed by atoms with Crippen molar-refractivity contribution in [3.05, 3.63) is 65.2 Å². The monoisotopic (exact) mass is 352 g/mol. The van der Waals surface area contributed by atoms with Crippen LogP contribution in [0.5, 0.6) is 5.75 Å². The zero-order chi connectivity index (χ0) is 18.9. The molecule has 4 nitrogen and oxygen atoms in total. The molecule has 2 rings (SSSR count). The highest BCUT2D eigenvalue weighted by Crippen LogP contribution is 2.16. The van der Waals surface area contributed by atoms with Crippen molar-refractivity contribution in [3.8, 4) is 17.6 Å². The number of carboxylic acids is 1. The van der Waals surface area contributed by atoms with Gasteiger partial charge < -0.3 is 14.6 Å². The van der Waals surface area contributed by atoms with E-state index in [1.54, 1.807) is 0 Å². The average Bonchev–Trinajstić information content (AvgIpc) is 2.59. The predicted molar refractivity (Wildman–Crippen MR) is 101 cm³/mol. The molecule has 0 saturated heterocycles. The molecule has 0 aliphatic rings. The van der Waals surface area contributed by atoms with Crippen LogP contribution in [0, 0.1) is 18.8 Å². The van der Waals surface area contributed by atoms with Crippen LogP contribution in [0.4, 0.5) is 0 Å². The summed E-state index contributed by atoms with van der Waals surface area (Å²) in [6, 6.07) is 15.4. The first-order valence-electron chi connectivity index (χ1n) is 8.59. The van der Waals surface area contributed by atoms with Gasteiger partial charge in [-0.2, -0.15) is 0 Å². The van der Waals surface area contributed by atoms with Gasteiger partial charge in [-0.1, -0.05) is 41.7 Å². The van der Waals surface area contributed by atoms with E-state index in [1.807, 2.05) is 69.3 Å². The van der Waals surface area contributed by atoms with E-state index in [9.17, 15) is 9.90 Å². The van der Waals surface area contributed by atoms with Gasteiger partial charge in [0.1, 0.15) is 12.4 Å². The van der Waals surface area contributed by atoms with E-state index in [1.165, 1.54) is 5.56 Å². The third-order valence-corrected chi connectivity index (χ3v) is 3.63. The molecule has 4 heteroatoms. The van der Waals surface area contributed by atoms with Gasteiger partial charge >= 0.3 is 5.97 Å². The quantitative estimate of drug-likeness (QED) is 0.769. The summed E-state index contributed by atoms with van der Waals surface area (Å²) < 4.78 is 11.1. The Hall–Kier alpha value is -2.77. The normalized spacial score (nSPS) is 11.5. The maximum atomic E-state index is 11.3. The van der Waals surface area contributed by atoms with Gasteiger partial charge in [-0.05, 0) is 50.6 Å². The van der Waals surface area contributed by atoms with Crippen LogP contribution in [0.25, 0.3) is 0 Å². The number of hydrogen-bond donors (Lipinski definition) is 1. The van der Waals surface area contributed by atoms with Crippen LogP contribution in [-0.4, -0.2) is 29.9 Å². The maximum absolute atomic E-state index is 11.3. The molecule has 0 unspecified atom stereocenters. The van der Waals surface area contributed by atoms with Gasteiger partial charge in [0.15, 0.2) is 6.10 Å². The van der Waals surface area contributed by atoms with Crippen LogP contribution in [0.3, 0.4) is 0 Å². The molecule has 0 amide bonds. The maximum Gasteiger partial charge on any atom is 0.333 e. The van der Waals surface area contributed by atoms with Gasteiger partial charge in [0.25, 0.3) is 0 Å². The molecule has 0 radical (unpaired) electrons. The summed E-state index contributed by atoms with van der Waals surface area (Å²) in [6.07, 6.45) is -0.723. The molecule has 2 aromatic rings. The van der Waals surface area contributed by atoms with Crippen molar-refractivity contribution in [1.29, 1.82) is 0 Å². The Bertz CT molecular complexity index is 782. The van der Waals surface area contributed by atoms with Gasteiger partial charge in [0.2, 0.25) is 0 Å². The number of hydrogen-bond acceptors (Lipinski definition) is 3. The highest BCUT2D eigenvalue weighted by molar-refractivity contribution is 5.72. The minimum atomic E-state index is -0.964. The van der Waals surface area contributed by atoms with Gasteiger partial charge in [-0.15, -0.1) is 0 Å². The lowest BCUT2D eigenvalue weighted by molar-refractivity contribution is -0.153. The van der Waals surface area contributed by atoms with Crippen molar-refractivity contribution in [2.24, 2.45) is 0 Å². The fraction of sp³-hybridized carbons (Fsp3) is 0.318. The molecule has 26 heavy (non-hydrogen) atoms. The summed E-state index contributed by atoms with van der Waals surface area (Å²) in [5.41, 5.74) is 3.00. The Morgan fingerprint density at radius 1 is 1.15 bits per heavy atom. The van der Waals surface area contributed by atoms with Crippen LogP contribution in [0.2, 0.25) is 0 Å². The van der Waals surface area contributed by atoms with Gasteiger partial charge in [-0.25, -0.2) is 4.79 Å². The van der Waals surface area contributed by atoms with Crippen molar-refractivity contribution in [2.75, 3.05) is 6.61 Å². The van der Waals surface area contributed by atoms with Crippen molar-refractivity contribution in [3.63, 3.8) is 0 Å². The standard InChI is InChI=1S/C22H24O4/c1-16(2)26-21(22(23)24)15-19-6-4-8-20(14-19)25-13-5-7-18-11-9-17(3)10-12-18/h4,6,8-12,14,16,21H,13,15H2,1-3H3,(H,23,24)/t21-/m0/s1. The van der Waals surface area contributed by atoms with Gasteiger partial charge in [-0.3, -0.25) is 0 Å². The Balaban J connectivity index is 1.94. The second-order valence-corrected chi connectivity index (χ2v) is 6.32. The van der Waals surface area contributed by atoms with E-state index in [0.717, 1.165) is 11.1 Å². The SMILES string of the molecule is Cc1ccc(C#CCOc2cccc(C[C@H](OC(C)C)C(=O)O)c2)cc1. The predicted octanol–water partition coefficient (Wildman–Crippen LogP) is 3.85. The van der Waals surface area contributed by atoms with E-state index < -0.39 is 12.1 Å². The molecule has 2 aromatic carbocycles. The van der Waals surface area contributed by atoms with Gasteiger partial charge in [0.05, 0.1) is 6.10 Å². The second kappa shape index (κ2) is 9.65. The largest absolute Gasteiger partial charge is 0.481 e. The molecule has 1 N–H and O–H groups in total. The lowest BCUT2D eigenvalue weighted by atomic mass is 10.1. The fourth-order valence-electron chi connectivity index (χ4n) is 2.39. The van der Waals surface area contributed by atoms with Crippen LogP contribution >= 0.6 is 0 Å². The third-order valence-electron chi connectivity index (χ3n) is 3.63. The number of aryl methyl sites for hydroxylation is 1. The molecule has 0 aliphatic heterocycles. The number of aliphatic carboxylic acids is 1. The molecule has 0 bridgehead atoms. The number of ether oxygens (including phenoxy) is 2. The zero-order valence-corrected chi connectivity index (χ0v) is 15.4. The molecule has 0 aliphatic carbocycles. The highest BCUT2D eigenvalue weighted by atomic mass is 16.5. The smallest absolute Gasteiger partial charge is 0.333 e. The van der Waals surface area contributed by atoms with Crippen molar-refractivity contribution in [1.82, 2.24) is 0 Å². The number of rotatable bonds is 7. The van der Waals surface area contributed by atoms with Crippen LogP contribution in [-0.2, 0) is 16.0 Å². The van der Waals surface area contributed by atoms with Crippen molar-refractivity contribution < 1.29 is 19.4 Å². The highest BCUT2D eigenvalue weighted by Gasteiger charge is 2.20. The van der Waals surface area contributed by atoms with E-state index in [-0.39, 0.29) is 12.7 Å². The summed E-state index contributed by atoms with van der Waals surface area (Å²) in [7, 11) is 0. The second-order valence-electron chi connectivity index (χ2n) is 6.32. The molecule has 1 atom stereocenters. The third kappa shape index (κ3) is 6.62. The molecule has 0 saturated carbocycles. The summed E-state index contributed by atoms with van der Waals surface area (Å²) >= 11 is 0. The lowest BCUT2D eigenvalue weighted by Crippen LogP contribution is -2.29. The first-order chi connectivity index (χ1) is 12.4. The van der Waals surface area contributed by atoms with Crippen LogP contribution in [0.15, 0.2) is 48.5 Å². The van der Waals surface area contributed by atoms with E-state index in [2.05, 4.69) is 11.8 Å². The Morgan fingerprint density at radius 2 is 1.88 bits per heavy atom. The van der Waals surface area contributed by atoms with E-state index in [4.69, 9.17) is 9.47 Å². The summed E-state index contributed by atoms with van der Waals surface area (Å²) in [4.78, 5) is 11.3. The topological polar surface area (TPSA) is 55.8 Å². The zero-order valence-electron chi connectivity index (χ0n) is 15.4. The molecular weight excluding hydrogens is 328 g/mol. The van der Waals surface area contributed by atoms with Crippen LogP contribution in [0.1, 0.15) is 30.5 Å². The Morgan fingerprint density at radius 3 is 2.54 bits per heavy atom. The van der Waals surface area contributed by atoms with Crippen molar-refractivity contribution in [2.45, 2.75) is 39.4 Å². The molecule has 0 aromatic heterocycles. The van der Waals surface area contributed by atoms with E-state index >= 15 is 0 Å². The number of carbonyl (C=O) groups is 1. The summed E-state index contributed by atoms with van der Waals surface area (Å²) in [5.74, 6) is 5.73. The molecule has 136 valence electrons. The van der Waals surface area contributed by atoms with E-state index in [0.29, 0.717) is 12.2 Å². The average molecular weight is 352 g/mol. The summed E-state index contributed by atoms with van der Waals surface area (Å²) in [6.45, 7) is 5.95. The lowest BCUT2D eigenvalue weighted by Gasteiger charge is -2.16. The first-order valence-corrected chi connectivity index (χ1v) is 8.59. The molecule has 0 spiro atoms. The van der Waals surface area contributed by atoms with Crippen molar-refractivity contribution >= 4 is 5.97 Å². The Kier molecular flexibility index (Phi) is 7.25. The first kappa shape index (κ1) is 19.6.